The SMILES string of the molecule is CCCC(=O)Nc1c(I)c(NC(=O)CCC)c(I)c(C(=O)O)c1I. The van der Waals surface area contributed by atoms with E-state index in [9.17, 15) is 19.5 Å². The van der Waals surface area contributed by atoms with E-state index in [1.165, 1.54) is 0 Å². The summed E-state index contributed by atoms with van der Waals surface area (Å²) in [6.07, 6.45) is 2.07. The third-order valence-electron chi connectivity index (χ3n) is 3.01. The van der Waals surface area contributed by atoms with Crippen molar-refractivity contribution < 1.29 is 19.5 Å². The van der Waals surface area contributed by atoms with E-state index in [1.54, 1.807) is 0 Å². The number of amides is 2. The average Bonchev–Trinajstić information content (AvgIpc) is 2.48. The zero-order valence-corrected chi connectivity index (χ0v) is 19.6. The Bertz CT molecular complexity index is 630. The standard InChI is InChI=1S/C15H17I3N2O4/c1-3-5-7(21)19-13-10(16)9(15(23)24)11(17)14(12(13)18)20-8(22)6-4-2/h3-6H2,1-2H3,(H,19,21)(H,20,22)(H,23,24). The number of hydrogen-bond donors (Lipinski definition) is 3. The fourth-order valence-corrected chi connectivity index (χ4v) is 6.10. The molecular weight excluding hydrogens is 653 g/mol. The number of nitrogens with one attached hydrogen (secondary N) is 2. The molecule has 0 fully saturated rings. The third-order valence-corrected chi connectivity index (χ3v) is 6.25. The van der Waals surface area contributed by atoms with Gasteiger partial charge in [-0.2, -0.15) is 0 Å². The summed E-state index contributed by atoms with van der Waals surface area (Å²) < 4.78 is 1.53. The van der Waals surface area contributed by atoms with Crippen LogP contribution >= 0.6 is 67.8 Å². The van der Waals surface area contributed by atoms with Gasteiger partial charge in [0, 0.05) is 12.8 Å². The predicted octanol–water partition coefficient (Wildman–Crippen LogP) is 4.68. The van der Waals surface area contributed by atoms with Crippen molar-refractivity contribution in [3.8, 4) is 0 Å². The van der Waals surface area contributed by atoms with Crippen LogP contribution in [0.25, 0.3) is 0 Å². The number of carbonyl (C=O) groups is 3. The summed E-state index contributed by atoms with van der Waals surface area (Å²) in [6, 6.07) is 0. The van der Waals surface area contributed by atoms with Gasteiger partial charge in [-0.25, -0.2) is 4.79 Å². The van der Waals surface area contributed by atoms with E-state index in [-0.39, 0.29) is 17.4 Å². The van der Waals surface area contributed by atoms with Crippen LogP contribution < -0.4 is 10.6 Å². The van der Waals surface area contributed by atoms with Crippen molar-refractivity contribution in [2.24, 2.45) is 0 Å². The van der Waals surface area contributed by atoms with Crippen LogP contribution in [-0.4, -0.2) is 22.9 Å². The number of hydrogen-bond acceptors (Lipinski definition) is 3. The molecule has 0 radical (unpaired) electrons. The smallest absolute Gasteiger partial charge is 0.338 e. The second kappa shape index (κ2) is 10.1. The number of carboxylic acid groups (broad SMARTS) is 1. The normalized spacial score (nSPS) is 10.4. The van der Waals surface area contributed by atoms with Crippen LogP contribution in [0.1, 0.15) is 49.9 Å². The van der Waals surface area contributed by atoms with Crippen LogP contribution in [0.4, 0.5) is 11.4 Å². The number of rotatable bonds is 7. The van der Waals surface area contributed by atoms with Gasteiger partial charge in [0.2, 0.25) is 11.8 Å². The summed E-state index contributed by atoms with van der Waals surface area (Å²) in [5.41, 5.74) is 0.939. The lowest BCUT2D eigenvalue weighted by Gasteiger charge is -2.18. The molecule has 0 spiro atoms. The first-order chi connectivity index (χ1) is 11.2. The van der Waals surface area contributed by atoms with Crippen molar-refractivity contribution in [3.63, 3.8) is 0 Å². The molecule has 0 unspecified atom stereocenters. The van der Waals surface area contributed by atoms with Crippen molar-refractivity contribution >= 4 is 96.9 Å². The van der Waals surface area contributed by atoms with E-state index >= 15 is 0 Å². The van der Waals surface area contributed by atoms with Gasteiger partial charge in [-0.3, -0.25) is 9.59 Å². The lowest BCUT2D eigenvalue weighted by atomic mass is 10.1. The highest BCUT2D eigenvalue weighted by atomic mass is 127. The number of halogens is 3. The number of carboxylic acids is 1. The summed E-state index contributed by atoms with van der Waals surface area (Å²) >= 11 is 5.86. The Morgan fingerprint density at radius 3 is 1.50 bits per heavy atom. The second-order valence-electron chi connectivity index (χ2n) is 4.97. The van der Waals surface area contributed by atoms with Crippen molar-refractivity contribution in [2.45, 2.75) is 39.5 Å². The maximum absolute atomic E-state index is 12.0. The molecule has 0 saturated carbocycles. The monoisotopic (exact) mass is 670 g/mol. The molecule has 24 heavy (non-hydrogen) atoms. The van der Waals surface area contributed by atoms with E-state index in [0.717, 1.165) is 0 Å². The zero-order valence-electron chi connectivity index (χ0n) is 13.1. The van der Waals surface area contributed by atoms with Gasteiger partial charge >= 0.3 is 5.97 Å². The predicted molar refractivity (Wildman–Crippen MR) is 119 cm³/mol. The van der Waals surface area contributed by atoms with Gasteiger partial charge in [-0.1, -0.05) is 13.8 Å². The Kier molecular flexibility index (Phi) is 9.19. The Hall–Kier alpha value is -0.180. The number of carbonyl (C=O) groups excluding carboxylic acids is 2. The van der Waals surface area contributed by atoms with E-state index in [1.807, 2.05) is 81.6 Å². The first-order valence-corrected chi connectivity index (χ1v) is 10.5. The Balaban J connectivity index is 3.47. The number of benzene rings is 1. The van der Waals surface area contributed by atoms with Crippen LogP contribution in [0.5, 0.6) is 0 Å². The molecule has 1 rings (SSSR count). The van der Waals surface area contributed by atoms with E-state index in [2.05, 4.69) is 10.6 Å². The Morgan fingerprint density at radius 2 is 1.21 bits per heavy atom. The molecule has 0 aliphatic rings. The molecule has 1 aromatic rings. The van der Waals surface area contributed by atoms with Crippen molar-refractivity contribution in [2.75, 3.05) is 10.6 Å². The zero-order chi connectivity index (χ0) is 18.4. The lowest BCUT2D eigenvalue weighted by molar-refractivity contribution is -0.117. The minimum Gasteiger partial charge on any atom is -0.478 e. The third kappa shape index (κ3) is 5.41. The summed E-state index contributed by atoms with van der Waals surface area (Å²) in [6.45, 7) is 3.78. The van der Waals surface area contributed by atoms with Crippen LogP contribution in [-0.2, 0) is 9.59 Å². The van der Waals surface area contributed by atoms with E-state index < -0.39 is 5.97 Å². The highest BCUT2D eigenvalue weighted by Gasteiger charge is 2.25. The van der Waals surface area contributed by atoms with Crippen LogP contribution in [0.15, 0.2) is 0 Å². The average molecular weight is 670 g/mol. The van der Waals surface area contributed by atoms with E-state index in [4.69, 9.17) is 0 Å². The summed E-state index contributed by atoms with van der Waals surface area (Å²) in [4.78, 5) is 35.6. The molecule has 132 valence electrons. The molecule has 9 heteroatoms. The minimum atomic E-state index is -1.10. The molecule has 0 aliphatic carbocycles. The van der Waals surface area contributed by atoms with E-state index in [0.29, 0.717) is 47.8 Å². The Labute approximate surface area is 181 Å². The molecule has 3 N–H and O–H groups in total. The lowest BCUT2D eigenvalue weighted by Crippen LogP contribution is -2.20. The molecule has 0 atom stereocenters. The van der Waals surface area contributed by atoms with Gasteiger partial charge in [0.1, 0.15) is 0 Å². The van der Waals surface area contributed by atoms with Gasteiger partial charge in [0.15, 0.2) is 0 Å². The topological polar surface area (TPSA) is 95.5 Å². The van der Waals surface area contributed by atoms with Gasteiger partial charge in [0.05, 0.1) is 27.6 Å². The number of aromatic carboxylic acids is 1. The fraction of sp³-hybridized carbons (Fsp3) is 0.400. The summed E-state index contributed by atoms with van der Waals surface area (Å²) in [7, 11) is 0. The molecule has 0 saturated heterocycles. The van der Waals surface area contributed by atoms with Crippen molar-refractivity contribution in [3.05, 3.63) is 16.3 Å². The molecule has 2 amide bonds. The van der Waals surface area contributed by atoms with Crippen LogP contribution in [0.3, 0.4) is 0 Å². The maximum Gasteiger partial charge on any atom is 0.338 e. The first kappa shape index (κ1) is 21.9. The van der Waals surface area contributed by atoms with Crippen LogP contribution in [0, 0.1) is 10.7 Å². The van der Waals surface area contributed by atoms with Crippen LogP contribution in [0.2, 0.25) is 0 Å². The van der Waals surface area contributed by atoms with Gasteiger partial charge < -0.3 is 15.7 Å². The van der Waals surface area contributed by atoms with Gasteiger partial charge in [-0.05, 0) is 80.6 Å². The van der Waals surface area contributed by atoms with Crippen molar-refractivity contribution in [1.82, 2.24) is 0 Å². The van der Waals surface area contributed by atoms with Gasteiger partial charge in [0.25, 0.3) is 0 Å². The molecule has 0 bridgehead atoms. The summed E-state index contributed by atoms with van der Waals surface area (Å²) in [5.74, 6) is -1.47. The van der Waals surface area contributed by atoms with Crippen molar-refractivity contribution in [1.29, 1.82) is 0 Å². The highest BCUT2D eigenvalue weighted by Crippen LogP contribution is 2.39. The molecule has 6 nitrogen and oxygen atoms in total. The molecule has 0 aromatic heterocycles. The Morgan fingerprint density at radius 1 is 0.833 bits per heavy atom. The second-order valence-corrected chi connectivity index (χ2v) is 8.20. The first-order valence-electron chi connectivity index (χ1n) is 7.27. The minimum absolute atomic E-state index is 0.0789. The summed E-state index contributed by atoms with van der Waals surface area (Å²) in [5, 5.41) is 15.1. The molecular formula is C15H17I3N2O4. The largest absolute Gasteiger partial charge is 0.478 e. The molecule has 1 aromatic carbocycles. The quantitative estimate of drug-likeness (QED) is 0.368. The highest BCUT2D eigenvalue weighted by molar-refractivity contribution is 14.1. The molecule has 0 heterocycles. The van der Waals surface area contributed by atoms with Gasteiger partial charge in [-0.15, -0.1) is 0 Å². The number of anilines is 2. The molecule has 0 aliphatic heterocycles. The fourth-order valence-electron chi connectivity index (χ4n) is 1.93. The maximum atomic E-state index is 12.0.